The van der Waals surface area contributed by atoms with E-state index in [0.717, 1.165) is 5.69 Å². The number of aromatic nitrogens is 2. The van der Waals surface area contributed by atoms with Crippen molar-refractivity contribution < 1.29 is 13.2 Å². The van der Waals surface area contributed by atoms with E-state index in [1.54, 1.807) is 29.7 Å². The molecule has 1 fully saturated rings. The Kier molecular flexibility index (Phi) is 9.45. The first-order valence-corrected chi connectivity index (χ1v) is 10.2. The van der Waals surface area contributed by atoms with E-state index in [1.165, 1.54) is 0 Å². The number of carbonyl (C=O) groups excluding carboxylic acids is 1. The molecule has 0 atom stereocenters. The van der Waals surface area contributed by atoms with E-state index < -0.39 is 10.0 Å². The molecular weight excluding hydrogens is 485 g/mol. The molecule has 0 unspecified atom stereocenters. The highest BCUT2D eigenvalue weighted by atomic mass is 127. The fourth-order valence-corrected chi connectivity index (χ4v) is 3.28. The molecule has 0 bridgehead atoms. The van der Waals surface area contributed by atoms with Crippen molar-refractivity contribution in [3.8, 4) is 0 Å². The lowest BCUT2D eigenvalue weighted by molar-refractivity contribution is -0.120. The highest BCUT2D eigenvalue weighted by Crippen LogP contribution is 2.15. The summed E-state index contributed by atoms with van der Waals surface area (Å²) >= 11 is 0. The Morgan fingerprint density at radius 1 is 1.33 bits per heavy atom. The Hall–Kier alpha value is -1.41. The average molecular weight is 513 g/mol. The van der Waals surface area contributed by atoms with Crippen LogP contribution in [0.5, 0.6) is 0 Å². The lowest BCUT2D eigenvalue weighted by atomic mass is 10.3. The van der Waals surface area contributed by atoms with E-state index >= 15 is 0 Å². The number of hydrogen-bond donors (Lipinski definition) is 2. The number of guanidine groups is 1. The predicted octanol–water partition coefficient (Wildman–Crippen LogP) is -0.408. The molecular formula is C15H28IN7O3S. The van der Waals surface area contributed by atoms with Crippen LogP contribution in [0.1, 0.15) is 13.3 Å². The maximum atomic E-state index is 12.4. The summed E-state index contributed by atoms with van der Waals surface area (Å²) in [5, 5.41) is 7.28. The van der Waals surface area contributed by atoms with E-state index in [4.69, 9.17) is 0 Å². The van der Waals surface area contributed by atoms with Crippen LogP contribution in [0.15, 0.2) is 17.4 Å². The highest BCUT2D eigenvalue weighted by Gasteiger charge is 2.27. The number of anilines is 1. The minimum absolute atomic E-state index is 0. The second-order valence-corrected chi connectivity index (χ2v) is 8.06. The second-order valence-electron chi connectivity index (χ2n) is 5.96. The topological polar surface area (TPSA) is 112 Å². The van der Waals surface area contributed by atoms with Gasteiger partial charge in [-0.15, -0.1) is 24.0 Å². The number of nitrogens with one attached hydrogen (secondary N) is 2. The van der Waals surface area contributed by atoms with Gasteiger partial charge in [0, 0.05) is 46.5 Å². The second kappa shape index (κ2) is 10.8. The number of aryl methyl sites for hydroxylation is 1. The molecule has 0 spiro atoms. The van der Waals surface area contributed by atoms with Crippen molar-refractivity contribution in [2.75, 3.05) is 50.4 Å². The maximum Gasteiger partial charge on any atom is 0.246 e. The third-order valence-corrected chi connectivity index (χ3v) is 5.48. The molecule has 1 saturated heterocycles. The number of nitrogens with zero attached hydrogens (tertiary/aromatic N) is 5. The van der Waals surface area contributed by atoms with Gasteiger partial charge < -0.3 is 15.1 Å². The molecule has 1 aromatic rings. The number of piperazine rings is 1. The van der Waals surface area contributed by atoms with Crippen molar-refractivity contribution in [2.45, 2.75) is 13.3 Å². The lowest BCUT2D eigenvalue weighted by Gasteiger charge is -2.35. The molecule has 1 aliphatic rings. The minimum Gasteiger partial charge on any atom is -0.356 e. The van der Waals surface area contributed by atoms with Crippen molar-refractivity contribution in [3.05, 3.63) is 12.4 Å². The molecule has 2 rings (SSSR count). The summed E-state index contributed by atoms with van der Waals surface area (Å²) in [5.41, 5.74) is 0.795. The molecule has 0 aliphatic carbocycles. The molecule has 10 nitrogen and oxygen atoms in total. The van der Waals surface area contributed by atoms with E-state index in [9.17, 15) is 13.2 Å². The smallest absolute Gasteiger partial charge is 0.246 e. The molecule has 2 heterocycles. The summed E-state index contributed by atoms with van der Waals surface area (Å²) in [6, 6.07) is 0. The normalized spacial score (nSPS) is 15.7. The molecule has 0 saturated carbocycles. The first-order valence-electron chi connectivity index (χ1n) is 8.58. The number of halogens is 1. The van der Waals surface area contributed by atoms with Crippen LogP contribution in [0.2, 0.25) is 0 Å². The van der Waals surface area contributed by atoms with Gasteiger partial charge in [0.05, 0.1) is 17.6 Å². The number of rotatable bonds is 7. The molecule has 1 aromatic heterocycles. The van der Waals surface area contributed by atoms with Gasteiger partial charge in [-0.1, -0.05) is 0 Å². The van der Waals surface area contributed by atoms with Crippen molar-refractivity contribution >= 4 is 51.6 Å². The molecule has 0 aromatic carbocycles. The van der Waals surface area contributed by atoms with Crippen molar-refractivity contribution in [2.24, 2.45) is 12.0 Å². The van der Waals surface area contributed by atoms with Crippen LogP contribution < -0.4 is 14.9 Å². The first kappa shape index (κ1) is 23.6. The summed E-state index contributed by atoms with van der Waals surface area (Å²) in [5.74, 6) is 0.705. The Bertz CT molecular complexity index is 750. The first-order chi connectivity index (χ1) is 12.4. The van der Waals surface area contributed by atoms with Crippen LogP contribution in [-0.2, 0) is 21.9 Å². The fourth-order valence-electron chi connectivity index (χ4n) is 2.63. The predicted molar refractivity (Wildman–Crippen MR) is 116 cm³/mol. The summed E-state index contributed by atoms with van der Waals surface area (Å²) in [7, 11) is 0.323. The quantitative estimate of drug-likeness (QED) is 0.222. The standard InChI is InChI=1S/C15H27N7O3S.HI/c1-4-26(24,25)19-7-5-6-17-15(16-2)21-8-9-22(14(23)12-21)13-10-18-20(3)11-13;/h10-11,19H,4-9,12H2,1-3H3,(H,16,17);1H. The third-order valence-electron chi connectivity index (χ3n) is 4.07. The SMILES string of the molecule is CCS(=O)(=O)NCCCNC(=NC)N1CCN(c2cnn(C)c2)C(=O)C1.I. The van der Waals surface area contributed by atoms with Crippen LogP contribution in [-0.4, -0.2) is 80.5 Å². The van der Waals surface area contributed by atoms with Gasteiger partial charge in [-0.05, 0) is 13.3 Å². The highest BCUT2D eigenvalue weighted by molar-refractivity contribution is 14.0. The van der Waals surface area contributed by atoms with Crippen LogP contribution in [0.25, 0.3) is 0 Å². The molecule has 2 N–H and O–H groups in total. The molecule has 0 radical (unpaired) electrons. The van der Waals surface area contributed by atoms with Gasteiger partial charge in [0.25, 0.3) is 0 Å². The van der Waals surface area contributed by atoms with Crippen molar-refractivity contribution in [1.29, 1.82) is 0 Å². The number of amides is 1. The monoisotopic (exact) mass is 513 g/mol. The van der Waals surface area contributed by atoms with Gasteiger partial charge in [-0.3, -0.25) is 14.5 Å². The summed E-state index contributed by atoms with van der Waals surface area (Å²) in [4.78, 5) is 20.3. The molecule has 1 aliphatic heterocycles. The van der Waals surface area contributed by atoms with Crippen LogP contribution in [0.4, 0.5) is 5.69 Å². The zero-order valence-corrected chi connectivity index (χ0v) is 19.0. The van der Waals surface area contributed by atoms with Gasteiger partial charge in [0.15, 0.2) is 5.96 Å². The Balaban J connectivity index is 0.00000364. The molecule has 27 heavy (non-hydrogen) atoms. The van der Waals surface area contributed by atoms with Gasteiger partial charge in [-0.25, -0.2) is 13.1 Å². The van der Waals surface area contributed by atoms with Crippen LogP contribution in [0, 0.1) is 0 Å². The maximum absolute atomic E-state index is 12.4. The van der Waals surface area contributed by atoms with Gasteiger partial charge >= 0.3 is 0 Å². The number of carbonyl (C=O) groups is 1. The van der Waals surface area contributed by atoms with Crippen LogP contribution >= 0.6 is 24.0 Å². The largest absolute Gasteiger partial charge is 0.356 e. The molecule has 1 amide bonds. The van der Waals surface area contributed by atoms with Crippen LogP contribution in [0.3, 0.4) is 0 Å². The average Bonchev–Trinajstić information content (AvgIpc) is 3.04. The Labute approximate surface area is 177 Å². The number of sulfonamides is 1. The minimum atomic E-state index is -3.16. The van der Waals surface area contributed by atoms with E-state index in [0.29, 0.717) is 38.6 Å². The lowest BCUT2D eigenvalue weighted by Crippen LogP contribution is -2.55. The molecule has 12 heteroatoms. The van der Waals surface area contributed by atoms with Gasteiger partial charge in [0.1, 0.15) is 6.54 Å². The third kappa shape index (κ3) is 6.92. The van der Waals surface area contributed by atoms with Gasteiger partial charge in [-0.2, -0.15) is 5.10 Å². The Morgan fingerprint density at radius 3 is 2.63 bits per heavy atom. The summed E-state index contributed by atoms with van der Waals surface area (Å²) < 4.78 is 26.9. The van der Waals surface area contributed by atoms with Gasteiger partial charge in [0.2, 0.25) is 15.9 Å². The van der Waals surface area contributed by atoms with Crippen molar-refractivity contribution in [3.63, 3.8) is 0 Å². The number of aliphatic imine (C=N–C) groups is 1. The summed E-state index contributed by atoms with van der Waals surface area (Å²) in [6.45, 7) is 3.98. The van der Waals surface area contributed by atoms with E-state index in [-0.39, 0.29) is 42.2 Å². The van der Waals surface area contributed by atoms with E-state index in [2.05, 4.69) is 20.1 Å². The Morgan fingerprint density at radius 2 is 2.07 bits per heavy atom. The van der Waals surface area contributed by atoms with E-state index in [1.807, 2.05) is 18.1 Å². The number of hydrogen-bond acceptors (Lipinski definition) is 5. The zero-order valence-electron chi connectivity index (χ0n) is 15.9. The summed E-state index contributed by atoms with van der Waals surface area (Å²) in [6.07, 6.45) is 4.12. The fraction of sp³-hybridized carbons (Fsp3) is 0.667. The molecule has 154 valence electrons. The zero-order chi connectivity index (χ0) is 19.2. The van der Waals surface area contributed by atoms with Crippen molar-refractivity contribution in [1.82, 2.24) is 24.7 Å².